The van der Waals surface area contributed by atoms with Crippen molar-refractivity contribution in [1.29, 1.82) is 0 Å². The molecule has 1 saturated carbocycles. The first kappa shape index (κ1) is 17.5. The van der Waals surface area contributed by atoms with E-state index in [1.807, 2.05) is 0 Å². The fraction of sp³-hybridized carbons (Fsp3) is 0.619. The Morgan fingerprint density at radius 1 is 1.23 bits per heavy atom. The fourth-order valence-corrected chi connectivity index (χ4v) is 4.52. The Morgan fingerprint density at radius 2 is 2.04 bits per heavy atom. The molecule has 1 aromatic rings. The maximum Gasteiger partial charge on any atom is 0.239 e. The van der Waals surface area contributed by atoms with Crippen LogP contribution in [0.15, 0.2) is 24.3 Å². The third kappa shape index (κ3) is 3.93. The minimum absolute atomic E-state index is 0.00800. The molecule has 3 fully saturated rings. The minimum atomic E-state index is 0.00800. The van der Waals surface area contributed by atoms with Crippen LogP contribution in [0.4, 0.5) is 0 Å². The first-order valence-corrected chi connectivity index (χ1v) is 9.94. The largest absolute Gasteiger partial charge is 0.350 e. The first-order valence-electron chi connectivity index (χ1n) is 9.94. The van der Waals surface area contributed by atoms with Crippen molar-refractivity contribution in [2.45, 2.75) is 45.2 Å². The summed E-state index contributed by atoms with van der Waals surface area (Å²) in [5.41, 5.74) is 2.70. The highest BCUT2D eigenvalue weighted by atomic mass is 16.2. The number of hydrogen-bond acceptors (Lipinski definition) is 3. The van der Waals surface area contributed by atoms with E-state index < -0.39 is 0 Å². The summed E-state index contributed by atoms with van der Waals surface area (Å²) in [5, 5.41) is 3.25. The zero-order chi connectivity index (χ0) is 18.1. The zero-order valence-electron chi connectivity index (χ0n) is 15.6. The monoisotopic (exact) mass is 355 g/mol. The Bertz CT molecular complexity index is 686. The Kier molecular flexibility index (Phi) is 4.98. The van der Waals surface area contributed by atoms with Crippen molar-refractivity contribution in [2.75, 3.05) is 26.2 Å². The number of carbonyl (C=O) groups is 2. The van der Waals surface area contributed by atoms with Crippen LogP contribution in [0.2, 0.25) is 0 Å². The quantitative estimate of drug-likeness (QED) is 0.849. The molecule has 0 radical (unpaired) electrons. The maximum absolute atomic E-state index is 12.5. The van der Waals surface area contributed by atoms with E-state index in [9.17, 15) is 9.59 Å². The topological polar surface area (TPSA) is 52.7 Å². The number of carbonyl (C=O) groups excluding carboxylic acids is 2. The van der Waals surface area contributed by atoms with Gasteiger partial charge in [0.15, 0.2) is 0 Å². The molecule has 1 N–H and O–H groups in total. The first-order chi connectivity index (χ1) is 12.6. The Balaban J connectivity index is 1.36. The average Bonchev–Trinajstić information content (AvgIpc) is 3.27. The number of nitrogens with zero attached hydrogens (tertiary/aromatic N) is 2. The molecule has 2 amide bonds. The molecule has 5 heteroatoms. The fourth-order valence-electron chi connectivity index (χ4n) is 4.52. The molecule has 1 aromatic carbocycles. The van der Waals surface area contributed by atoms with E-state index in [-0.39, 0.29) is 24.4 Å². The van der Waals surface area contributed by atoms with Gasteiger partial charge in [-0.15, -0.1) is 0 Å². The highest BCUT2D eigenvalue weighted by Gasteiger charge is 2.43. The molecule has 2 heterocycles. The molecule has 5 nitrogen and oxygen atoms in total. The van der Waals surface area contributed by atoms with Gasteiger partial charge >= 0.3 is 0 Å². The molecule has 0 aromatic heterocycles. The number of amides is 2. The van der Waals surface area contributed by atoms with E-state index in [4.69, 9.17) is 0 Å². The lowest BCUT2D eigenvalue weighted by Gasteiger charge is -2.22. The van der Waals surface area contributed by atoms with Gasteiger partial charge in [-0.05, 0) is 49.1 Å². The zero-order valence-corrected chi connectivity index (χ0v) is 15.6. The predicted octanol–water partition coefficient (Wildman–Crippen LogP) is 1.94. The van der Waals surface area contributed by atoms with Crippen molar-refractivity contribution >= 4 is 11.8 Å². The van der Waals surface area contributed by atoms with Crippen LogP contribution in [0.1, 0.15) is 36.8 Å². The molecule has 4 rings (SSSR count). The van der Waals surface area contributed by atoms with E-state index in [1.165, 1.54) is 24.0 Å². The molecule has 0 bridgehead atoms. The standard InChI is InChI=1S/C21H29N3O2/c1-15-5-2-3-6-17(15)11-23-12-18(16-8-9-16)19(13-23)22-20(25)14-24-10-4-7-21(24)26/h2-3,5-6,16,18-19H,4,7-14H2,1H3,(H,22,25). The molecule has 3 aliphatic rings. The van der Waals surface area contributed by atoms with Gasteiger partial charge in [-0.2, -0.15) is 0 Å². The molecule has 0 spiro atoms. The predicted molar refractivity (Wildman–Crippen MR) is 100 cm³/mol. The van der Waals surface area contributed by atoms with Crippen molar-refractivity contribution < 1.29 is 9.59 Å². The number of benzene rings is 1. The van der Waals surface area contributed by atoms with E-state index >= 15 is 0 Å². The van der Waals surface area contributed by atoms with Gasteiger partial charge in [0.25, 0.3) is 0 Å². The molecule has 2 saturated heterocycles. The highest BCUT2D eigenvalue weighted by Crippen LogP contribution is 2.41. The molecule has 26 heavy (non-hydrogen) atoms. The van der Waals surface area contributed by atoms with Gasteiger partial charge in [0.1, 0.15) is 0 Å². The molecular weight excluding hydrogens is 326 g/mol. The Morgan fingerprint density at radius 3 is 2.73 bits per heavy atom. The van der Waals surface area contributed by atoms with Crippen molar-refractivity contribution in [1.82, 2.24) is 15.1 Å². The Hall–Kier alpha value is -1.88. The third-order valence-electron chi connectivity index (χ3n) is 6.18. The second-order valence-corrected chi connectivity index (χ2v) is 8.21. The van der Waals surface area contributed by atoms with Gasteiger partial charge in [0.2, 0.25) is 11.8 Å². The van der Waals surface area contributed by atoms with Crippen LogP contribution in [-0.4, -0.2) is 53.8 Å². The van der Waals surface area contributed by atoms with Gasteiger partial charge in [-0.1, -0.05) is 24.3 Å². The summed E-state index contributed by atoms with van der Waals surface area (Å²) in [6, 6.07) is 8.76. The smallest absolute Gasteiger partial charge is 0.239 e. The normalized spacial score (nSPS) is 26.5. The van der Waals surface area contributed by atoms with Gasteiger partial charge in [0.05, 0.1) is 6.54 Å². The highest BCUT2D eigenvalue weighted by molar-refractivity contribution is 5.86. The van der Waals surface area contributed by atoms with Gasteiger partial charge in [0, 0.05) is 38.6 Å². The SMILES string of the molecule is Cc1ccccc1CN1CC(NC(=O)CN2CCCC2=O)C(C2CC2)C1. The van der Waals surface area contributed by atoms with Crippen LogP contribution >= 0.6 is 0 Å². The number of hydrogen-bond donors (Lipinski definition) is 1. The number of likely N-dealkylation sites (tertiary alicyclic amines) is 2. The average molecular weight is 355 g/mol. The summed E-state index contributed by atoms with van der Waals surface area (Å²) in [6.07, 6.45) is 4.05. The van der Waals surface area contributed by atoms with Crippen molar-refractivity contribution in [3.63, 3.8) is 0 Å². The summed E-state index contributed by atoms with van der Waals surface area (Å²) >= 11 is 0. The van der Waals surface area contributed by atoms with Crippen LogP contribution in [0.5, 0.6) is 0 Å². The third-order valence-corrected chi connectivity index (χ3v) is 6.18. The van der Waals surface area contributed by atoms with E-state index in [1.54, 1.807) is 4.90 Å². The second kappa shape index (κ2) is 7.39. The summed E-state index contributed by atoms with van der Waals surface area (Å²) in [4.78, 5) is 28.4. The maximum atomic E-state index is 12.5. The van der Waals surface area contributed by atoms with E-state index in [0.717, 1.165) is 38.5 Å². The van der Waals surface area contributed by atoms with Crippen LogP contribution in [0, 0.1) is 18.8 Å². The number of aryl methyl sites for hydroxylation is 1. The van der Waals surface area contributed by atoms with Gasteiger partial charge in [-0.25, -0.2) is 0 Å². The summed E-state index contributed by atoms with van der Waals surface area (Å²) < 4.78 is 0. The lowest BCUT2D eigenvalue weighted by molar-refractivity contribution is -0.133. The van der Waals surface area contributed by atoms with Crippen LogP contribution < -0.4 is 5.32 Å². The molecule has 140 valence electrons. The summed E-state index contributed by atoms with van der Waals surface area (Å²) in [7, 11) is 0. The molecule has 2 unspecified atom stereocenters. The summed E-state index contributed by atoms with van der Waals surface area (Å²) in [5.74, 6) is 1.44. The molecule has 2 aliphatic heterocycles. The van der Waals surface area contributed by atoms with Crippen LogP contribution in [0.25, 0.3) is 0 Å². The lowest BCUT2D eigenvalue weighted by atomic mass is 9.98. The van der Waals surface area contributed by atoms with Gasteiger partial charge < -0.3 is 10.2 Å². The molecular formula is C21H29N3O2. The van der Waals surface area contributed by atoms with Crippen LogP contribution in [0.3, 0.4) is 0 Å². The Labute approximate surface area is 155 Å². The molecule has 2 atom stereocenters. The second-order valence-electron chi connectivity index (χ2n) is 8.21. The number of rotatable bonds is 6. The van der Waals surface area contributed by atoms with E-state index in [0.29, 0.717) is 12.3 Å². The van der Waals surface area contributed by atoms with Gasteiger partial charge in [-0.3, -0.25) is 14.5 Å². The number of nitrogens with one attached hydrogen (secondary N) is 1. The van der Waals surface area contributed by atoms with Crippen molar-refractivity contribution in [3.05, 3.63) is 35.4 Å². The van der Waals surface area contributed by atoms with E-state index in [2.05, 4.69) is 41.4 Å². The van der Waals surface area contributed by atoms with Crippen molar-refractivity contribution in [2.24, 2.45) is 11.8 Å². The lowest BCUT2D eigenvalue weighted by Crippen LogP contribution is -2.46. The summed E-state index contributed by atoms with van der Waals surface area (Å²) in [6.45, 7) is 6.04. The minimum Gasteiger partial charge on any atom is -0.350 e. The van der Waals surface area contributed by atoms with Crippen molar-refractivity contribution in [3.8, 4) is 0 Å². The van der Waals surface area contributed by atoms with Crippen LogP contribution in [-0.2, 0) is 16.1 Å². The molecule has 1 aliphatic carbocycles.